The van der Waals surface area contributed by atoms with Gasteiger partial charge in [0.1, 0.15) is 24.4 Å². The molecule has 1 atom stereocenters. The number of urea groups is 1. The first-order valence-electron chi connectivity index (χ1n) is 9.89. The molecule has 1 fully saturated rings. The second-order valence-corrected chi connectivity index (χ2v) is 7.78. The number of carbonyl (C=O) groups excluding carboxylic acids is 2. The Balaban J connectivity index is 1.48. The number of imide groups is 1. The SMILES string of the molecule is Cc1cccn2c(=O)cc(CN3C(=O)NC(C)(c4ccc5c(c4)OCCO5)C3=O)nc12. The minimum atomic E-state index is -1.27. The van der Waals surface area contributed by atoms with E-state index in [-0.39, 0.29) is 12.1 Å². The van der Waals surface area contributed by atoms with Gasteiger partial charge in [0.2, 0.25) is 0 Å². The molecule has 0 bridgehead atoms. The number of aromatic nitrogens is 2. The Hall–Kier alpha value is -3.88. The van der Waals surface area contributed by atoms with E-state index in [9.17, 15) is 14.4 Å². The quantitative estimate of drug-likeness (QED) is 0.648. The summed E-state index contributed by atoms with van der Waals surface area (Å²) in [6, 6.07) is 9.58. The lowest BCUT2D eigenvalue weighted by atomic mass is 9.91. The highest BCUT2D eigenvalue weighted by Crippen LogP contribution is 2.37. The van der Waals surface area contributed by atoms with E-state index in [0.717, 1.165) is 10.5 Å². The van der Waals surface area contributed by atoms with Crippen molar-refractivity contribution in [3.63, 3.8) is 0 Å². The maximum atomic E-state index is 13.3. The van der Waals surface area contributed by atoms with E-state index in [1.165, 1.54) is 10.5 Å². The summed E-state index contributed by atoms with van der Waals surface area (Å²) in [6.07, 6.45) is 1.63. The van der Waals surface area contributed by atoms with Gasteiger partial charge in [-0.2, -0.15) is 0 Å². The van der Waals surface area contributed by atoms with Gasteiger partial charge >= 0.3 is 6.03 Å². The molecule has 0 saturated carbocycles. The van der Waals surface area contributed by atoms with Crippen molar-refractivity contribution in [1.29, 1.82) is 0 Å². The number of ether oxygens (including phenoxy) is 2. The van der Waals surface area contributed by atoms with Crippen LogP contribution in [0.2, 0.25) is 0 Å². The molecule has 2 aromatic heterocycles. The van der Waals surface area contributed by atoms with Crippen molar-refractivity contribution in [2.75, 3.05) is 13.2 Å². The summed E-state index contributed by atoms with van der Waals surface area (Å²) in [6.45, 7) is 4.27. The summed E-state index contributed by atoms with van der Waals surface area (Å²) in [4.78, 5) is 44.0. The number of pyridine rings is 1. The minimum absolute atomic E-state index is 0.106. The minimum Gasteiger partial charge on any atom is -0.486 e. The molecular formula is C22H20N4O5. The summed E-state index contributed by atoms with van der Waals surface area (Å²) in [5, 5.41) is 2.77. The Bertz CT molecular complexity index is 1300. The topological polar surface area (TPSA) is 102 Å². The first kappa shape index (κ1) is 19.1. The number of hydrogen-bond acceptors (Lipinski definition) is 6. The van der Waals surface area contributed by atoms with Gasteiger partial charge in [-0.05, 0) is 43.2 Å². The molecule has 3 amide bonds. The molecule has 3 aromatic rings. The Morgan fingerprint density at radius 2 is 1.87 bits per heavy atom. The molecule has 1 aromatic carbocycles. The average Bonchev–Trinajstić information content (AvgIpc) is 2.98. The van der Waals surface area contributed by atoms with Gasteiger partial charge in [0.25, 0.3) is 11.5 Å². The van der Waals surface area contributed by atoms with Gasteiger partial charge in [-0.25, -0.2) is 9.78 Å². The molecule has 31 heavy (non-hydrogen) atoms. The zero-order valence-corrected chi connectivity index (χ0v) is 17.0. The smallest absolute Gasteiger partial charge is 0.325 e. The summed E-state index contributed by atoms with van der Waals surface area (Å²) >= 11 is 0. The Kier molecular flexibility index (Phi) is 4.21. The number of nitrogens with zero attached hydrogens (tertiary/aromatic N) is 3. The van der Waals surface area contributed by atoms with Crippen LogP contribution in [0.25, 0.3) is 5.65 Å². The molecule has 1 saturated heterocycles. The van der Waals surface area contributed by atoms with Crippen molar-refractivity contribution in [1.82, 2.24) is 19.6 Å². The van der Waals surface area contributed by atoms with Gasteiger partial charge in [0.15, 0.2) is 11.5 Å². The second kappa shape index (κ2) is 6.83. The predicted octanol–water partition coefficient (Wildman–Crippen LogP) is 1.74. The van der Waals surface area contributed by atoms with Crippen molar-refractivity contribution >= 4 is 17.6 Å². The highest BCUT2D eigenvalue weighted by atomic mass is 16.6. The number of nitrogens with one attached hydrogen (secondary N) is 1. The normalized spacial score (nSPS) is 20.3. The summed E-state index contributed by atoms with van der Waals surface area (Å²) < 4.78 is 12.6. The van der Waals surface area contributed by atoms with Crippen molar-refractivity contribution < 1.29 is 19.1 Å². The Morgan fingerprint density at radius 1 is 1.10 bits per heavy atom. The summed E-state index contributed by atoms with van der Waals surface area (Å²) in [7, 11) is 0. The van der Waals surface area contributed by atoms with Gasteiger partial charge in [-0.15, -0.1) is 0 Å². The number of rotatable bonds is 3. The highest BCUT2D eigenvalue weighted by Gasteiger charge is 2.49. The van der Waals surface area contributed by atoms with Crippen LogP contribution in [-0.2, 0) is 16.9 Å². The van der Waals surface area contributed by atoms with Crippen LogP contribution in [-0.4, -0.2) is 39.4 Å². The number of amides is 3. The zero-order chi connectivity index (χ0) is 21.8. The van der Waals surface area contributed by atoms with Crippen molar-refractivity contribution in [3.05, 3.63) is 69.8 Å². The lowest BCUT2D eigenvalue weighted by Crippen LogP contribution is -2.41. The molecule has 9 nitrogen and oxygen atoms in total. The van der Waals surface area contributed by atoms with Crippen LogP contribution < -0.4 is 20.3 Å². The van der Waals surface area contributed by atoms with Crippen LogP contribution in [0.15, 0.2) is 47.4 Å². The molecule has 0 radical (unpaired) electrons. The molecular weight excluding hydrogens is 400 g/mol. The predicted molar refractivity (Wildman–Crippen MR) is 110 cm³/mol. The number of aryl methyl sites for hydroxylation is 1. The second-order valence-electron chi connectivity index (χ2n) is 7.78. The third kappa shape index (κ3) is 3.00. The van der Waals surface area contributed by atoms with Gasteiger partial charge in [0.05, 0.1) is 12.2 Å². The van der Waals surface area contributed by atoms with E-state index in [0.29, 0.717) is 41.6 Å². The first-order valence-corrected chi connectivity index (χ1v) is 9.89. The van der Waals surface area contributed by atoms with E-state index in [1.54, 1.807) is 37.4 Å². The lowest BCUT2D eigenvalue weighted by Gasteiger charge is -2.25. The van der Waals surface area contributed by atoms with Crippen LogP contribution in [0, 0.1) is 6.92 Å². The van der Waals surface area contributed by atoms with Gasteiger partial charge < -0.3 is 14.8 Å². The maximum Gasteiger partial charge on any atom is 0.325 e. The van der Waals surface area contributed by atoms with E-state index in [1.807, 2.05) is 13.0 Å². The van der Waals surface area contributed by atoms with Crippen molar-refractivity contribution in [2.45, 2.75) is 25.9 Å². The van der Waals surface area contributed by atoms with E-state index in [4.69, 9.17) is 9.47 Å². The van der Waals surface area contributed by atoms with Crippen LogP contribution >= 0.6 is 0 Å². The van der Waals surface area contributed by atoms with E-state index in [2.05, 4.69) is 10.3 Å². The summed E-state index contributed by atoms with van der Waals surface area (Å²) in [5.74, 6) is 0.703. The molecule has 0 aliphatic carbocycles. The molecule has 2 aliphatic heterocycles. The van der Waals surface area contributed by atoms with Gasteiger partial charge in [0, 0.05) is 12.3 Å². The number of benzene rings is 1. The molecule has 5 rings (SSSR count). The summed E-state index contributed by atoms with van der Waals surface area (Å²) in [5.41, 5.74) is 0.695. The molecule has 0 spiro atoms. The fourth-order valence-corrected chi connectivity index (χ4v) is 3.94. The van der Waals surface area contributed by atoms with Crippen molar-refractivity contribution in [3.8, 4) is 11.5 Å². The largest absolute Gasteiger partial charge is 0.486 e. The van der Waals surface area contributed by atoms with Crippen LogP contribution in [0.1, 0.15) is 23.7 Å². The highest BCUT2D eigenvalue weighted by molar-refractivity contribution is 6.07. The zero-order valence-electron chi connectivity index (χ0n) is 17.0. The monoisotopic (exact) mass is 420 g/mol. The molecule has 9 heteroatoms. The Morgan fingerprint density at radius 3 is 2.68 bits per heavy atom. The molecule has 1 N–H and O–H groups in total. The standard InChI is InChI=1S/C22H20N4O5/c1-13-4-3-7-25-18(27)11-15(23-19(13)25)12-26-20(28)22(2,24-21(26)29)14-5-6-16-17(10-14)31-9-8-30-16/h3-7,10-11H,8-9,12H2,1-2H3,(H,24,29). The Labute approximate surface area is 177 Å². The molecule has 1 unspecified atom stereocenters. The number of fused-ring (bicyclic) bond motifs is 2. The van der Waals surface area contributed by atoms with E-state index >= 15 is 0 Å². The van der Waals surface area contributed by atoms with Crippen molar-refractivity contribution in [2.24, 2.45) is 0 Å². The average molecular weight is 420 g/mol. The number of carbonyl (C=O) groups is 2. The fraction of sp³-hybridized carbons (Fsp3) is 0.273. The number of hydrogen-bond donors (Lipinski definition) is 1. The third-order valence-electron chi connectivity index (χ3n) is 5.65. The van der Waals surface area contributed by atoms with Crippen LogP contribution in [0.4, 0.5) is 4.79 Å². The lowest BCUT2D eigenvalue weighted by molar-refractivity contribution is -0.131. The van der Waals surface area contributed by atoms with E-state index < -0.39 is 17.5 Å². The van der Waals surface area contributed by atoms with Crippen LogP contribution in [0.5, 0.6) is 11.5 Å². The maximum absolute atomic E-state index is 13.3. The van der Waals surface area contributed by atoms with Gasteiger partial charge in [-0.1, -0.05) is 12.1 Å². The van der Waals surface area contributed by atoms with Gasteiger partial charge in [-0.3, -0.25) is 18.9 Å². The third-order valence-corrected chi connectivity index (χ3v) is 5.65. The molecule has 2 aliphatic rings. The first-order chi connectivity index (χ1) is 14.9. The molecule has 4 heterocycles. The van der Waals surface area contributed by atoms with Crippen LogP contribution in [0.3, 0.4) is 0 Å². The molecule has 158 valence electrons. The fourth-order valence-electron chi connectivity index (χ4n) is 3.94.